The second-order valence-electron chi connectivity index (χ2n) is 4.96. The predicted molar refractivity (Wildman–Crippen MR) is 81.7 cm³/mol. The number of fused-ring (bicyclic) bond motifs is 1. The molecule has 1 aliphatic rings. The van der Waals surface area contributed by atoms with Crippen molar-refractivity contribution in [2.45, 2.75) is 12.5 Å². The Bertz CT molecular complexity index is 729. The van der Waals surface area contributed by atoms with Gasteiger partial charge in [-0.25, -0.2) is 0 Å². The van der Waals surface area contributed by atoms with E-state index in [0.29, 0.717) is 5.11 Å². The summed E-state index contributed by atoms with van der Waals surface area (Å²) in [6, 6.07) is 11.8. The number of ether oxygens (including phenoxy) is 1. The minimum absolute atomic E-state index is 0.129. The van der Waals surface area contributed by atoms with Crippen LogP contribution in [0.3, 0.4) is 0 Å². The molecule has 1 saturated heterocycles. The Kier molecular flexibility index (Phi) is 2.87. The molecule has 1 heterocycles. The fourth-order valence-corrected chi connectivity index (χ4v) is 2.71. The molecule has 1 unspecified atom stereocenters. The van der Waals surface area contributed by atoms with Crippen LogP contribution >= 0.6 is 12.2 Å². The van der Waals surface area contributed by atoms with Crippen LogP contribution in [-0.4, -0.2) is 18.1 Å². The van der Waals surface area contributed by atoms with E-state index in [0.717, 1.165) is 22.1 Å². The van der Waals surface area contributed by atoms with Gasteiger partial charge in [0, 0.05) is 0 Å². The first-order valence-corrected chi connectivity index (χ1v) is 6.65. The number of methoxy groups -OCH3 is 1. The highest BCUT2D eigenvalue weighted by Gasteiger charge is 2.41. The number of nitrogens with one attached hydrogen (secondary N) is 2. The number of hydrogen-bond acceptors (Lipinski definition) is 3. The molecule has 2 aromatic rings. The van der Waals surface area contributed by atoms with Gasteiger partial charge < -0.3 is 15.4 Å². The lowest BCUT2D eigenvalue weighted by Crippen LogP contribution is -2.40. The molecule has 1 amide bonds. The largest absolute Gasteiger partial charge is 0.497 e. The molecular weight excluding hydrogens is 272 g/mol. The number of carbonyl (C=O) groups excluding carboxylic acids is 1. The van der Waals surface area contributed by atoms with E-state index in [2.05, 4.69) is 10.6 Å². The summed E-state index contributed by atoms with van der Waals surface area (Å²) in [5.74, 6) is 0.685. The Balaban J connectivity index is 2.09. The van der Waals surface area contributed by atoms with Gasteiger partial charge in [0.05, 0.1) is 7.11 Å². The van der Waals surface area contributed by atoms with Crippen molar-refractivity contribution < 1.29 is 9.53 Å². The van der Waals surface area contributed by atoms with Crippen LogP contribution < -0.4 is 15.4 Å². The van der Waals surface area contributed by atoms with E-state index in [-0.39, 0.29) is 5.91 Å². The Morgan fingerprint density at radius 2 is 1.85 bits per heavy atom. The number of thiocarbonyl (C=S) groups is 1. The number of carbonyl (C=O) groups is 1. The third-order valence-corrected chi connectivity index (χ3v) is 3.87. The average Bonchev–Trinajstić information content (AvgIpc) is 2.71. The number of hydrogen-bond donors (Lipinski definition) is 2. The monoisotopic (exact) mass is 286 g/mol. The molecule has 1 aliphatic heterocycles. The Morgan fingerprint density at radius 3 is 2.50 bits per heavy atom. The quantitative estimate of drug-likeness (QED) is 0.830. The highest BCUT2D eigenvalue weighted by atomic mass is 32.1. The minimum atomic E-state index is -0.814. The van der Waals surface area contributed by atoms with Crippen LogP contribution in [0.4, 0.5) is 0 Å². The van der Waals surface area contributed by atoms with Crippen molar-refractivity contribution in [3.8, 4) is 5.75 Å². The van der Waals surface area contributed by atoms with Crippen LogP contribution in [0.2, 0.25) is 0 Å². The SMILES string of the molecule is COc1ccc2cc(C3(C)NC(=S)NC3=O)ccc2c1. The fraction of sp³-hybridized carbons (Fsp3) is 0.200. The highest BCUT2D eigenvalue weighted by molar-refractivity contribution is 7.80. The van der Waals surface area contributed by atoms with Crippen LogP contribution in [-0.2, 0) is 10.3 Å². The normalized spacial score (nSPS) is 21.7. The molecule has 20 heavy (non-hydrogen) atoms. The third-order valence-electron chi connectivity index (χ3n) is 3.67. The summed E-state index contributed by atoms with van der Waals surface area (Å²) in [6.07, 6.45) is 0. The van der Waals surface area contributed by atoms with Crippen molar-refractivity contribution in [2.24, 2.45) is 0 Å². The van der Waals surface area contributed by atoms with Gasteiger partial charge in [-0.05, 0) is 53.7 Å². The second kappa shape index (κ2) is 4.45. The van der Waals surface area contributed by atoms with Crippen LogP contribution in [0, 0.1) is 0 Å². The molecule has 0 spiro atoms. The smallest absolute Gasteiger partial charge is 0.256 e. The maximum Gasteiger partial charge on any atom is 0.256 e. The van der Waals surface area contributed by atoms with Gasteiger partial charge in [0.15, 0.2) is 5.11 Å². The Labute approximate surface area is 122 Å². The van der Waals surface area contributed by atoms with Crippen LogP contribution in [0.25, 0.3) is 10.8 Å². The first-order valence-electron chi connectivity index (χ1n) is 6.25. The summed E-state index contributed by atoms with van der Waals surface area (Å²) in [4.78, 5) is 12.1. The molecule has 5 heteroatoms. The number of rotatable bonds is 2. The zero-order valence-corrected chi connectivity index (χ0v) is 12.0. The van der Waals surface area contributed by atoms with Gasteiger partial charge in [0.25, 0.3) is 5.91 Å². The second-order valence-corrected chi connectivity index (χ2v) is 5.37. The summed E-state index contributed by atoms with van der Waals surface area (Å²) < 4.78 is 5.21. The molecule has 102 valence electrons. The molecule has 0 bridgehead atoms. The molecule has 0 aliphatic carbocycles. The zero-order chi connectivity index (χ0) is 14.3. The minimum Gasteiger partial charge on any atom is -0.497 e. The summed E-state index contributed by atoms with van der Waals surface area (Å²) >= 11 is 5.01. The number of benzene rings is 2. The van der Waals surface area contributed by atoms with Crippen LogP contribution in [0.1, 0.15) is 12.5 Å². The lowest BCUT2D eigenvalue weighted by molar-refractivity contribution is -0.123. The van der Waals surface area contributed by atoms with Crippen molar-refractivity contribution in [2.75, 3.05) is 7.11 Å². The van der Waals surface area contributed by atoms with Gasteiger partial charge in [-0.3, -0.25) is 4.79 Å². The molecule has 4 nitrogen and oxygen atoms in total. The highest BCUT2D eigenvalue weighted by Crippen LogP contribution is 2.29. The van der Waals surface area contributed by atoms with Crippen LogP contribution in [0.5, 0.6) is 5.75 Å². The Hall–Kier alpha value is -2.14. The van der Waals surface area contributed by atoms with E-state index < -0.39 is 5.54 Å². The molecule has 1 atom stereocenters. The van der Waals surface area contributed by atoms with Crippen LogP contribution in [0.15, 0.2) is 36.4 Å². The lowest BCUT2D eigenvalue weighted by Gasteiger charge is -2.22. The third kappa shape index (κ3) is 1.91. The summed E-state index contributed by atoms with van der Waals surface area (Å²) in [5.41, 5.74) is 0.0677. The van der Waals surface area contributed by atoms with Gasteiger partial charge in [-0.15, -0.1) is 0 Å². The summed E-state index contributed by atoms with van der Waals surface area (Å²) in [6.45, 7) is 1.83. The maximum absolute atomic E-state index is 12.1. The predicted octanol–water partition coefficient (Wildman–Crippen LogP) is 2.07. The van der Waals surface area contributed by atoms with E-state index >= 15 is 0 Å². The maximum atomic E-state index is 12.1. The van der Waals surface area contributed by atoms with E-state index in [9.17, 15) is 4.79 Å². The number of amides is 1. The topological polar surface area (TPSA) is 50.4 Å². The molecule has 0 radical (unpaired) electrons. The van der Waals surface area contributed by atoms with Gasteiger partial charge >= 0.3 is 0 Å². The first-order chi connectivity index (χ1) is 9.53. The zero-order valence-electron chi connectivity index (χ0n) is 11.2. The van der Waals surface area contributed by atoms with E-state index in [1.165, 1.54) is 0 Å². The Morgan fingerprint density at radius 1 is 1.15 bits per heavy atom. The summed E-state index contributed by atoms with van der Waals surface area (Å²) in [7, 11) is 1.64. The molecule has 1 fully saturated rings. The van der Waals surface area contributed by atoms with Crippen molar-refractivity contribution in [1.29, 1.82) is 0 Å². The average molecular weight is 286 g/mol. The van der Waals surface area contributed by atoms with Crippen molar-refractivity contribution >= 4 is 34.0 Å². The van der Waals surface area contributed by atoms with E-state index in [1.54, 1.807) is 7.11 Å². The first kappa shape index (κ1) is 12.9. The molecule has 0 aromatic heterocycles. The van der Waals surface area contributed by atoms with Crippen molar-refractivity contribution in [1.82, 2.24) is 10.6 Å². The van der Waals surface area contributed by atoms with Crippen molar-refractivity contribution in [3.63, 3.8) is 0 Å². The van der Waals surface area contributed by atoms with Gasteiger partial charge in [-0.2, -0.15) is 0 Å². The molecule has 0 saturated carbocycles. The standard InChI is InChI=1S/C15H14N2O2S/c1-15(13(18)16-14(20)17-15)11-5-3-10-8-12(19-2)6-4-9(10)7-11/h3-8H,1-2H3,(H2,16,17,18,20). The van der Waals surface area contributed by atoms with Gasteiger partial charge in [0.1, 0.15) is 11.3 Å². The van der Waals surface area contributed by atoms with Gasteiger partial charge in [0.2, 0.25) is 0 Å². The summed E-state index contributed by atoms with van der Waals surface area (Å²) in [5, 5.41) is 8.15. The van der Waals surface area contributed by atoms with E-state index in [4.69, 9.17) is 17.0 Å². The molecular formula is C15H14N2O2S. The molecule has 2 N–H and O–H groups in total. The van der Waals surface area contributed by atoms with Gasteiger partial charge in [-0.1, -0.05) is 18.2 Å². The lowest BCUT2D eigenvalue weighted by atomic mass is 9.90. The molecule has 2 aromatic carbocycles. The van der Waals surface area contributed by atoms with Crippen molar-refractivity contribution in [3.05, 3.63) is 42.0 Å². The molecule has 3 rings (SSSR count). The van der Waals surface area contributed by atoms with E-state index in [1.807, 2.05) is 43.3 Å². The fourth-order valence-electron chi connectivity index (χ4n) is 2.41.